The fourth-order valence-electron chi connectivity index (χ4n) is 2.97. The Morgan fingerprint density at radius 3 is 2.69 bits per heavy atom. The van der Waals surface area contributed by atoms with Crippen molar-refractivity contribution < 1.29 is 4.74 Å². The minimum atomic E-state index is -0.0205. The molecule has 0 bridgehead atoms. The SMILES string of the molecule is CC(C)C1OC2(CCCSC2)NCC1(C)C. The minimum absolute atomic E-state index is 0.0205. The molecule has 3 heteroatoms. The van der Waals surface area contributed by atoms with Crippen molar-refractivity contribution in [3.63, 3.8) is 0 Å². The maximum atomic E-state index is 6.46. The number of nitrogens with one attached hydrogen (secondary N) is 1. The molecule has 2 aliphatic heterocycles. The van der Waals surface area contributed by atoms with E-state index in [1.54, 1.807) is 0 Å². The molecule has 0 aliphatic carbocycles. The predicted octanol–water partition coefficient (Wildman–Crippen LogP) is 2.88. The summed E-state index contributed by atoms with van der Waals surface area (Å²) in [4.78, 5) is 0. The van der Waals surface area contributed by atoms with Gasteiger partial charge < -0.3 is 4.74 Å². The molecular weight excluding hydrogens is 218 g/mol. The van der Waals surface area contributed by atoms with Gasteiger partial charge in [0, 0.05) is 17.7 Å². The lowest BCUT2D eigenvalue weighted by Gasteiger charge is -2.52. The molecule has 0 aromatic carbocycles. The zero-order valence-corrected chi connectivity index (χ0v) is 11.8. The van der Waals surface area contributed by atoms with E-state index in [0.717, 1.165) is 12.3 Å². The number of ether oxygens (including phenoxy) is 1. The number of rotatable bonds is 1. The topological polar surface area (TPSA) is 21.3 Å². The fraction of sp³-hybridized carbons (Fsp3) is 1.00. The van der Waals surface area contributed by atoms with Crippen molar-refractivity contribution in [2.45, 2.75) is 52.4 Å². The van der Waals surface area contributed by atoms with Crippen LogP contribution >= 0.6 is 11.8 Å². The quantitative estimate of drug-likeness (QED) is 0.765. The average Bonchev–Trinajstić information content (AvgIpc) is 2.23. The molecule has 2 saturated heterocycles. The van der Waals surface area contributed by atoms with Gasteiger partial charge in [-0.3, -0.25) is 5.32 Å². The van der Waals surface area contributed by atoms with Gasteiger partial charge in [0.05, 0.1) is 6.10 Å². The molecule has 0 saturated carbocycles. The summed E-state index contributed by atoms with van der Waals surface area (Å²) in [5.74, 6) is 3.01. The highest BCUT2D eigenvalue weighted by Gasteiger charge is 2.46. The van der Waals surface area contributed by atoms with E-state index < -0.39 is 0 Å². The molecule has 94 valence electrons. The Bertz CT molecular complexity index is 246. The van der Waals surface area contributed by atoms with Crippen LogP contribution in [0.15, 0.2) is 0 Å². The Morgan fingerprint density at radius 2 is 2.12 bits per heavy atom. The smallest absolute Gasteiger partial charge is 0.128 e. The Morgan fingerprint density at radius 1 is 1.38 bits per heavy atom. The highest BCUT2D eigenvalue weighted by Crippen LogP contribution is 2.40. The third-order valence-electron chi connectivity index (χ3n) is 3.80. The molecule has 2 nitrogen and oxygen atoms in total. The first-order chi connectivity index (χ1) is 7.45. The Hall–Kier alpha value is 0.270. The van der Waals surface area contributed by atoms with E-state index in [4.69, 9.17) is 4.74 Å². The van der Waals surface area contributed by atoms with Gasteiger partial charge in [-0.2, -0.15) is 11.8 Å². The molecule has 1 N–H and O–H groups in total. The molecule has 0 amide bonds. The van der Waals surface area contributed by atoms with E-state index in [2.05, 4.69) is 33.0 Å². The van der Waals surface area contributed by atoms with Gasteiger partial charge in [-0.25, -0.2) is 0 Å². The van der Waals surface area contributed by atoms with Crippen LogP contribution in [0.25, 0.3) is 0 Å². The number of thioether (sulfide) groups is 1. The van der Waals surface area contributed by atoms with Gasteiger partial charge in [0.1, 0.15) is 5.72 Å². The van der Waals surface area contributed by atoms with Crippen LogP contribution < -0.4 is 5.32 Å². The first-order valence-corrected chi connectivity index (χ1v) is 7.61. The third-order valence-corrected chi connectivity index (χ3v) is 5.05. The van der Waals surface area contributed by atoms with Gasteiger partial charge in [0.15, 0.2) is 0 Å². The standard InChI is InChI=1S/C13H25NOS/c1-10(2)11-12(3,4)8-14-13(15-11)6-5-7-16-9-13/h10-11,14H,5-9H2,1-4H3. The van der Waals surface area contributed by atoms with Crippen molar-refractivity contribution in [3.05, 3.63) is 0 Å². The van der Waals surface area contributed by atoms with Crippen LogP contribution in [0.1, 0.15) is 40.5 Å². The van der Waals surface area contributed by atoms with E-state index >= 15 is 0 Å². The van der Waals surface area contributed by atoms with Crippen molar-refractivity contribution in [1.82, 2.24) is 5.32 Å². The Labute approximate surface area is 104 Å². The van der Waals surface area contributed by atoms with Gasteiger partial charge in [0.2, 0.25) is 0 Å². The first kappa shape index (κ1) is 12.7. The molecule has 0 aromatic heterocycles. The Kier molecular flexibility index (Phi) is 3.58. The molecule has 0 radical (unpaired) electrons. The van der Waals surface area contributed by atoms with E-state index in [-0.39, 0.29) is 11.1 Å². The highest BCUT2D eigenvalue weighted by molar-refractivity contribution is 7.99. The fourth-order valence-corrected chi connectivity index (χ4v) is 4.11. The second-order valence-corrected chi connectivity index (χ2v) is 7.38. The summed E-state index contributed by atoms with van der Waals surface area (Å²) in [7, 11) is 0. The summed E-state index contributed by atoms with van der Waals surface area (Å²) in [5, 5.41) is 3.67. The molecule has 2 aliphatic rings. The normalized spacial score (nSPS) is 39.2. The van der Waals surface area contributed by atoms with Crippen LogP contribution in [0.5, 0.6) is 0 Å². The van der Waals surface area contributed by atoms with Crippen LogP contribution in [0.4, 0.5) is 0 Å². The third kappa shape index (κ3) is 2.41. The molecule has 0 aromatic rings. The first-order valence-electron chi connectivity index (χ1n) is 6.46. The largest absolute Gasteiger partial charge is 0.356 e. The van der Waals surface area contributed by atoms with Crippen molar-refractivity contribution in [3.8, 4) is 0 Å². The summed E-state index contributed by atoms with van der Waals surface area (Å²) in [6.45, 7) is 10.3. The van der Waals surface area contributed by atoms with Crippen molar-refractivity contribution in [2.24, 2.45) is 11.3 Å². The van der Waals surface area contributed by atoms with E-state index in [9.17, 15) is 0 Å². The maximum absolute atomic E-state index is 6.46. The Balaban J connectivity index is 2.10. The van der Waals surface area contributed by atoms with Gasteiger partial charge in [0.25, 0.3) is 0 Å². The summed E-state index contributed by atoms with van der Waals surface area (Å²) in [5.41, 5.74) is 0.231. The highest BCUT2D eigenvalue weighted by atomic mass is 32.2. The summed E-state index contributed by atoms with van der Waals surface area (Å²) in [6.07, 6.45) is 2.84. The van der Waals surface area contributed by atoms with E-state index in [1.165, 1.54) is 18.6 Å². The van der Waals surface area contributed by atoms with Gasteiger partial charge in [-0.05, 0) is 24.5 Å². The minimum Gasteiger partial charge on any atom is -0.356 e. The van der Waals surface area contributed by atoms with Gasteiger partial charge >= 0.3 is 0 Å². The molecule has 2 unspecified atom stereocenters. The summed E-state index contributed by atoms with van der Waals surface area (Å²) < 4.78 is 6.46. The predicted molar refractivity (Wildman–Crippen MR) is 70.8 cm³/mol. The van der Waals surface area contributed by atoms with Crippen LogP contribution in [0.2, 0.25) is 0 Å². The molecular formula is C13H25NOS. The van der Waals surface area contributed by atoms with E-state index in [1.807, 2.05) is 11.8 Å². The number of hydrogen-bond acceptors (Lipinski definition) is 3. The molecule has 2 rings (SSSR count). The zero-order valence-electron chi connectivity index (χ0n) is 11.0. The van der Waals surface area contributed by atoms with Gasteiger partial charge in [-0.1, -0.05) is 27.7 Å². The molecule has 2 atom stereocenters. The molecule has 1 spiro atoms. The summed E-state index contributed by atoms with van der Waals surface area (Å²) >= 11 is 2.03. The van der Waals surface area contributed by atoms with Crippen molar-refractivity contribution in [1.29, 1.82) is 0 Å². The van der Waals surface area contributed by atoms with Crippen molar-refractivity contribution in [2.75, 3.05) is 18.1 Å². The van der Waals surface area contributed by atoms with Crippen LogP contribution in [-0.2, 0) is 4.74 Å². The monoisotopic (exact) mass is 243 g/mol. The second kappa shape index (κ2) is 4.51. The summed E-state index contributed by atoms with van der Waals surface area (Å²) in [6, 6.07) is 0. The van der Waals surface area contributed by atoms with Crippen molar-refractivity contribution >= 4 is 11.8 Å². The van der Waals surface area contributed by atoms with E-state index in [0.29, 0.717) is 12.0 Å². The van der Waals surface area contributed by atoms with Crippen LogP contribution in [0.3, 0.4) is 0 Å². The van der Waals surface area contributed by atoms with Gasteiger partial charge in [-0.15, -0.1) is 0 Å². The molecule has 2 heterocycles. The van der Waals surface area contributed by atoms with Crippen LogP contribution in [-0.4, -0.2) is 29.9 Å². The lowest BCUT2D eigenvalue weighted by molar-refractivity contribution is -0.196. The average molecular weight is 243 g/mol. The zero-order chi connectivity index (χ0) is 11.8. The molecule has 16 heavy (non-hydrogen) atoms. The lowest BCUT2D eigenvalue weighted by Crippen LogP contribution is -2.64. The van der Waals surface area contributed by atoms with Crippen LogP contribution in [0, 0.1) is 11.3 Å². The number of hydrogen-bond donors (Lipinski definition) is 1. The molecule has 2 fully saturated rings. The lowest BCUT2D eigenvalue weighted by atomic mass is 9.78. The maximum Gasteiger partial charge on any atom is 0.128 e. The second-order valence-electron chi connectivity index (χ2n) is 6.28.